The molecule has 1 aromatic rings. The molecule has 0 aromatic carbocycles. The third-order valence-electron chi connectivity index (χ3n) is 2.37. The Morgan fingerprint density at radius 1 is 1.47 bits per heavy atom. The fourth-order valence-corrected chi connectivity index (χ4v) is 2.46. The molecule has 0 aliphatic heterocycles. The number of nitrogens with one attached hydrogen (secondary N) is 1. The van der Waals surface area contributed by atoms with Crippen LogP contribution in [0.2, 0.25) is 0 Å². The van der Waals surface area contributed by atoms with E-state index >= 15 is 0 Å². The molecule has 1 aromatic heterocycles. The number of ether oxygens (including phenoxy) is 1. The van der Waals surface area contributed by atoms with Crippen molar-refractivity contribution in [2.75, 3.05) is 13.7 Å². The molecule has 1 N–H and O–H groups in total. The molecule has 0 saturated heterocycles. The molecule has 0 aliphatic carbocycles. The van der Waals surface area contributed by atoms with Gasteiger partial charge < -0.3 is 10.1 Å². The molecule has 0 saturated carbocycles. The SMILES string of the molecule is CCCC(COC)NCc1ccc(C)s1. The van der Waals surface area contributed by atoms with Gasteiger partial charge >= 0.3 is 0 Å². The van der Waals surface area contributed by atoms with Crippen molar-refractivity contribution in [2.24, 2.45) is 0 Å². The van der Waals surface area contributed by atoms with Crippen LogP contribution in [-0.2, 0) is 11.3 Å². The Kier molecular flexibility index (Phi) is 5.91. The van der Waals surface area contributed by atoms with Crippen LogP contribution in [0.25, 0.3) is 0 Å². The van der Waals surface area contributed by atoms with Crippen LogP contribution in [-0.4, -0.2) is 19.8 Å². The van der Waals surface area contributed by atoms with Gasteiger partial charge in [-0.25, -0.2) is 0 Å². The molecule has 15 heavy (non-hydrogen) atoms. The third kappa shape index (κ3) is 4.78. The Morgan fingerprint density at radius 2 is 2.27 bits per heavy atom. The van der Waals surface area contributed by atoms with Crippen LogP contribution in [0.15, 0.2) is 12.1 Å². The summed E-state index contributed by atoms with van der Waals surface area (Å²) in [5.41, 5.74) is 0. The lowest BCUT2D eigenvalue weighted by molar-refractivity contribution is 0.161. The van der Waals surface area contributed by atoms with E-state index in [-0.39, 0.29) is 0 Å². The van der Waals surface area contributed by atoms with E-state index in [2.05, 4.69) is 31.3 Å². The van der Waals surface area contributed by atoms with Gasteiger partial charge in [-0.2, -0.15) is 0 Å². The van der Waals surface area contributed by atoms with E-state index in [4.69, 9.17) is 4.74 Å². The normalized spacial score (nSPS) is 13.0. The highest BCUT2D eigenvalue weighted by molar-refractivity contribution is 7.11. The summed E-state index contributed by atoms with van der Waals surface area (Å²) in [5, 5.41) is 3.54. The van der Waals surface area contributed by atoms with E-state index in [0.29, 0.717) is 6.04 Å². The second kappa shape index (κ2) is 6.99. The maximum Gasteiger partial charge on any atom is 0.0615 e. The van der Waals surface area contributed by atoms with E-state index in [1.165, 1.54) is 22.6 Å². The van der Waals surface area contributed by atoms with Gasteiger partial charge in [0.25, 0.3) is 0 Å². The van der Waals surface area contributed by atoms with Gasteiger partial charge in [0.1, 0.15) is 0 Å². The van der Waals surface area contributed by atoms with Crippen molar-refractivity contribution in [1.82, 2.24) is 5.32 Å². The minimum absolute atomic E-state index is 0.488. The topological polar surface area (TPSA) is 21.3 Å². The Hall–Kier alpha value is -0.380. The molecule has 1 rings (SSSR count). The van der Waals surface area contributed by atoms with Crippen LogP contribution in [0.5, 0.6) is 0 Å². The van der Waals surface area contributed by atoms with E-state index in [9.17, 15) is 0 Å². The molecule has 1 heterocycles. The highest BCUT2D eigenvalue weighted by Gasteiger charge is 2.06. The average molecular weight is 227 g/mol. The number of methoxy groups -OCH3 is 1. The number of rotatable bonds is 7. The first-order valence-electron chi connectivity index (χ1n) is 5.54. The second-order valence-electron chi connectivity index (χ2n) is 3.83. The Labute approximate surface area is 96.7 Å². The van der Waals surface area contributed by atoms with Crippen LogP contribution in [0.1, 0.15) is 29.5 Å². The minimum atomic E-state index is 0.488. The zero-order valence-corrected chi connectivity index (χ0v) is 10.7. The highest BCUT2D eigenvalue weighted by Crippen LogP contribution is 2.14. The van der Waals surface area contributed by atoms with Gasteiger partial charge in [0.05, 0.1) is 6.61 Å². The van der Waals surface area contributed by atoms with Crippen LogP contribution in [0.4, 0.5) is 0 Å². The van der Waals surface area contributed by atoms with Gasteiger partial charge in [-0.3, -0.25) is 0 Å². The van der Waals surface area contributed by atoms with Crippen molar-refractivity contribution in [1.29, 1.82) is 0 Å². The average Bonchev–Trinajstić information content (AvgIpc) is 2.61. The lowest BCUT2D eigenvalue weighted by atomic mass is 10.2. The molecule has 86 valence electrons. The molecule has 1 unspecified atom stereocenters. The van der Waals surface area contributed by atoms with Gasteiger partial charge in [-0.05, 0) is 25.5 Å². The molecule has 0 aliphatic rings. The Balaban J connectivity index is 2.32. The predicted molar refractivity (Wildman–Crippen MR) is 66.5 cm³/mol. The molecule has 0 spiro atoms. The number of hydrogen-bond acceptors (Lipinski definition) is 3. The lowest BCUT2D eigenvalue weighted by Gasteiger charge is -2.16. The van der Waals surface area contributed by atoms with Crippen molar-refractivity contribution in [3.8, 4) is 0 Å². The first-order valence-corrected chi connectivity index (χ1v) is 6.35. The number of hydrogen-bond donors (Lipinski definition) is 1. The van der Waals surface area contributed by atoms with Gasteiger partial charge in [0.2, 0.25) is 0 Å². The summed E-state index contributed by atoms with van der Waals surface area (Å²) < 4.78 is 5.19. The summed E-state index contributed by atoms with van der Waals surface area (Å²) in [6.07, 6.45) is 2.38. The van der Waals surface area contributed by atoms with Crippen LogP contribution in [0.3, 0.4) is 0 Å². The van der Waals surface area contributed by atoms with E-state index < -0.39 is 0 Å². The molecule has 0 radical (unpaired) electrons. The molecule has 3 heteroatoms. The summed E-state index contributed by atoms with van der Waals surface area (Å²) in [7, 11) is 1.76. The van der Waals surface area contributed by atoms with Crippen molar-refractivity contribution < 1.29 is 4.74 Å². The Bertz CT molecular complexity index is 266. The van der Waals surface area contributed by atoms with E-state index in [1.54, 1.807) is 7.11 Å². The molecule has 2 nitrogen and oxygen atoms in total. The number of thiophene rings is 1. The number of aryl methyl sites for hydroxylation is 1. The van der Waals surface area contributed by atoms with Crippen LogP contribution in [0, 0.1) is 6.92 Å². The maximum atomic E-state index is 5.19. The lowest BCUT2D eigenvalue weighted by Crippen LogP contribution is -2.32. The molecule has 0 fully saturated rings. The molecular weight excluding hydrogens is 206 g/mol. The van der Waals surface area contributed by atoms with Crippen molar-refractivity contribution in [2.45, 2.75) is 39.3 Å². The predicted octanol–water partition coefficient (Wildman–Crippen LogP) is 2.96. The summed E-state index contributed by atoms with van der Waals surface area (Å²) in [5.74, 6) is 0. The first-order chi connectivity index (χ1) is 7.26. The fourth-order valence-electron chi connectivity index (χ4n) is 1.62. The Morgan fingerprint density at radius 3 is 2.80 bits per heavy atom. The smallest absolute Gasteiger partial charge is 0.0615 e. The molecule has 0 bridgehead atoms. The summed E-state index contributed by atoms with van der Waals surface area (Å²) in [4.78, 5) is 2.79. The van der Waals surface area contributed by atoms with Crippen LogP contribution < -0.4 is 5.32 Å². The summed E-state index contributed by atoms with van der Waals surface area (Å²) >= 11 is 1.86. The zero-order valence-electron chi connectivity index (χ0n) is 9.88. The monoisotopic (exact) mass is 227 g/mol. The first kappa shape index (κ1) is 12.7. The molecule has 0 amide bonds. The fraction of sp³-hybridized carbons (Fsp3) is 0.667. The quantitative estimate of drug-likeness (QED) is 0.773. The van der Waals surface area contributed by atoms with Crippen molar-refractivity contribution in [3.05, 3.63) is 21.9 Å². The summed E-state index contributed by atoms with van der Waals surface area (Å²) in [6.45, 7) is 6.12. The van der Waals surface area contributed by atoms with Gasteiger partial charge in [-0.1, -0.05) is 13.3 Å². The van der Waals surface area contributed by atoms with Gasteiger partial charge in [-0.15, -0.1) is 11.3 Å². The zero-order chi connectivity index (χ0) is 11.1. The van der Waals surface area contributed by atoms with Crippen molar-refractivity contribution in [3.63, 3.8) is 0 Å². The second-order valence-corrected chi connectivity index (χ2v) is 5.21. The molecule has 1 atom stereocenters. The summed E-state index contributed by atoms with van der Waals surface area (Å²) in [6, 6.07) is 4.86. The maximum absolute atomic E-state index is 5.19. The van der Waals surface area contributed by atoms with E-state index in [1.807, 2.05) is 11.3 Å². The minimum Gasteiger partial charge on any atom is -0.383 e. The van der Waals surface area contributed by atoms with Crippen molar-refractivity contribution >= 4 is 11.3 Å². The van der Waals surface area contributed by atoms with Gasteiger partial charge in [0, 0.05) is 29.5 Å². The standard InChI is InChI=1S/C12H21NOS/c1-4-5-11(9-14-3)13-8-12-7-6-10(2)15-12/h6-7,11,13H,4-5,8-9H2,1-3H3. The van der Waals surface area contributed by atoms with E-state index in [0.717, 1.165) is 13.2 Å². The highest BCUT2D eigenvalue weighted by atomic mass is 32.1. The molecular formula is C12H21NOS. The third-order valence-corrected chi connectivity index (χ3v) is 3.37. The van der Waals surface area contributed by atoms with Crippen LogP contribution >= 0.6 is 11.3 Å². The largest absolute Gasteiger partial charge is 0.383 e. The van der Waals surface area contributed by atoms with Gasteiger partial charge in [0.15, 0.2) is 0 Å².